The molecule has 0 aromatic rings. The van der Waals surface area contributed by atoms with Gasteiger partial charge in [0.15, 0.2) is 0 Å². The molecule has 2 aliphatic rings. The van der Waals surface area contributed by atoms with Crippen LogP contribution < -0.4 is 0 Å². The average Bonchev–Trinajstić information content (AvgIpc) is 2.40. The van der Waals surface area contributed by atoms with Crippen LogP contribution in [0.15, 0.2) is 0 Å². The van der Waals surface area contributed by atoms with Crippen LogP contribution in [0.5, 0.6) is 0 Å². The fraction of sp³-hybridized carbons (Fsp3) is 0.929. The number of aliphatic hydroxyl groups excluding tert-OH is 1. The Hall–Kier alpha value is -0.570. The van der Waals surface area contributed by atoms with Crippen LogP contribution in [0.3, 0.4) is 0 Å². The Balaban J connectivity index is 1.85. The van der Waals surface area contributed by atoms with Crippen molar-refractivity contribution in [2.75, 3.05) is 19.7 Å². The zero-order chi connectivity index (χ0) is 12.1. The number of aliphatic hydroxyl groups is 1. The van der Waals surface area contributed by atoms with Gasteiger partial charge in [-0.2, -0.15) is 0 Å². The van der Waals surface area contributed by atoms with E-state index in [2.05, 4.69) is 4.90 Å². The topological polar surface area (TPSA) is 40.5 Å². The number of rotatable bonds is 3. The summed E-state index contributed by atoms with van der Waals surface area (Å²) in [5, 5.41) is 8.99. The second-order valence-corrected chi connectivity index (χ2v) is 5.64. The summed E-state index contributed by atoms with van der Waals surface area (Å²) in [5.74, 6) is 1.23. The van der Waals surface area contributed by atoms with Crippen LogP contribution in [0.25, 0.3) is 0 Å². The molecule has 1 atom stereocenters. The van der Waals surface area contributed by atoms with Crippen LogP contribution >= 0.6 is 0 Å². The highest BCUT2D eigenvalue weighted by atomic mass is 16.3. The molecule has 0 aromatic carbocycles. The van der Waals surface area contributed by atoms with Crippen molar-refractivity contribution in [1.82, 2.24) is 4.90 Å². The molecular formula is C14H25NO2. The van der Waals surface area contributed by atoms with Crippen LogP contribution in [0.2, 0.25) is 0 Å². The number of amides is 1. The second kappa shape index (κ2) is 6.39. The number of hydrogen-bond acceptors (Lipinski definition) is 2. The first-order valence-electron chi connectivity index (χ1n) is 7.21. The molecule has 1 heterocycles. The summed E-state index contributed by atoms with van der Waals surface area (Å²) in [6, 6.07) is 0. The molecule has 1 aliphatic carbocycles. The minimum atomic E-state index is 0.260. The summed E-state index contributed by atoms with van der Waals surface area (Å²) in [5.41, 5.74) is 0. The Bertz CT molecular complexity index is 247. The van der Waals surface area contributed by atoms with E-state index in [4.69, 9.17) is 5.11 Å². The molecule has 1 unspecified atom stereocenters. The second-order valence-electron chi connectivity index (χ2n) is 5.64. The third-order valence-electron chi connectivity index (χ3n) is 4.32. The van der Waals surface area contributed by atoms with Gasteiger partial charge in [0.25, 0.3) is 0 Å². The van der Waals surface area contributed by atoms with Gasteiger partial charge in [-0.3, -0.25) is 4.79 Å². The van der Waals surface area contributed by atoms with Gasteiger partial charge < -0.3 is 10.0 Å². The zero-order valence-corrected chi connectivity index (χ0v) is 10.7. The summed E-state index contributed by atoms with van der Waals surface area (Å²) in [4.78, 5) is 14.4. The molecule has 0 spiro atoms. The normalized spacial score (nSPS) is 27.1. The highest BCUT2D eigenvalue weighted by Gasteiger charge is 2.29. The van der Waals surface area contributed by atoms with E-state index in [1.165, 1.54) is 25.7 Å². The monoisotopic (exact) mass is 239 g/mol. The van der Waals surface area contributed by atoms with Gasteiger partial charge in [-0.1, -0.05) is 19.3 Å². The Morgan fingerprint density at radius 1 is 1.12 bits per heavy atom. The molecule has 0 radical (unpaired) electrons. The molecule has 0 bridgehead atoms. The van der Waals surface area contributed by atoms with Crippen LogP contribution in [-0.2, 0) is 4.79 Å². The first-order valence-corrected chi connectivity index (χ1v) is 7.21. The minimum absolute atomic E-state index is 0.260. The smallest absolute Gasteiger partial charge is 0.225 e. The van der Waals surface area contributed by atoms with Gasteiger partial charge in [0.2, 0.25) is 5.91 Å². The van der Waals surface area contributed by atoms with Gasteiger partial charge in [0, 0.05) is 25.6 Å². The summed E-state index contributed by atoms with van der Waals surface area (Å²) >= 11 is 0. The summed E-state index contributed by atoms with van der Waals surface area (Å²) in [6.45, 7) is 2.09. The van der Waals surface area contributed by atoms with Gasteiger partial charge in [0.1, 0.15) is 0 Å². The van der Waals surface area contributed by atoms with Gasteiger partial charge in [-0.05, 0) is 38.0 Å². The Labute approximate surface area is 104 Å². The Morgan fingerprint density at radius 2 is 1.88 bits per heavy atom. The Kier molecular flexibility index (Phi) is 4.84. The molecule has 0 aromatic heterocycles. The molecule has 1 saturated carbocycles. The average molecular weight is 239 g/mol. The SMILES string of the molecule is O=C(C1CCCCC1)N1CCCC(CCO)C1. The number of likely N-dealkylation sites (tertiary alicyclic amines) is 1. The highest BCUT2D eigenvalue weighted by Crippen LogP contribution is 2.28. The molecule has 17 heavy (non-hydrogen) atoms. The molecule has 1 amide bonds. The Morgan fingerprint density at radius 3 is 2.59 bits per heavy atom. The first-order chi connectivity index (χ1) is 8.31. The molecule has 98 valence electrons. The quantitative estimate of drug-likeness (QED) is 0.820. The maximum atomic E-state index is 12.4. The van der Waals surface area contributed by atoms with Crippen LogP contribution in [0, 0.1) is 11.8 Å². The van der Waals surface area contributed by atoms with Crippen LogP contribution in [0.4, 0.5) is 0 Å². The number of hydrogen-bond donors (Lipinski definition) is 1. The minimum Gasteiger partial charge on any atom is -0.396 e. The molecule has 3 heteroatoms. The standard InChI is InChI=1S/C14H25NO2/c16-10-8-12-5-4-9-15(11-12)14(17)13-6-2-1-3-7-13/h12-13,16H,1-11H2. The van der Waals surface area contributed by atoms with Crippen molar-refractivity contribution in [2.24, 2.45) is 11.8 Å². The van der Waals surface area contributed by atoms with Crippen molar-refractivity contribution in [2.45, 2.75) is 51.4 Å². The molecule has 3 nitrogen and oxygen atoms in total. The fourth-order valence-corrected chi connectivity index (χ4v) is 3.29. The van der Waals surface area contributed by atoms with Crippen LogP contribution in [0.1, 0.15) is 51.4 Å². The lowest BCUT2D eigenvalue weighted by atomic mass is 9.87. The van der Waals surface area contributed by atoms with E-state index in [9.17, 15) is 4.79 Å². The van der Waals surface area contributed by atoms with E-state index in [0.717, 1.165) is 38.8 Å². The van der Waals surface area contributed by atoms with Gasteiger partial charge in [0.05, 0.1) is 0 Å². The van der Waals surface area contributed by atoms with E-state index in [1.54, 1.807) is 0 Å². The summed E-state index contributed by atoms with van der Waals surface area (Å²) < 4.78 is 0. The van der Waals surface area contributed by atoms with E-state index < -0.39 is 0 Å². The largest absolute Gasteiger partial charge is 0.396 e. The predicted octanol–water partition coefficient (Wildman–Crippen LogP) is 2.19. The molecule has 1 aliphatic heterocycles. The van der Waals surface area contributed by atoms with E-state index in [-0.39, 0.29) is 6.61 Å². The van der Waals surface area contributed by atoms with Crippen molar-refractivity contribution in [3.8, 4) is 0 Å². The van der Waals surface area contributed by atoms with Crippen molar-refractivity contribution in [1.29, 1.82) is 0 Å². The maximum absolute atomic E-state index is 12.4. The number of nitrogens with zero attached hydrogens (tertiary/aromatic N) is 1. The first kappa shape index (κ1) is 12.9. The van der Waals surface area contributed by atoms with Gasteiger partial charge in [-0.15, -0.1) is 0 Å². The highest BCUT2D eigenvalue weighted by molar-refractivity contribution is 5.79. The van der Waals surface area contributed by atoms with E-state index in [0.29, 0.717) is 17.7 Å². The zero-order valence-electron chi connectivity index (χ0n) is 10.7. The molecular weight excluding hydrogens is 214 g/mol. The van der Waals surface area contributed by atoms with Crippen molar-refractivity contribution < 1.29 is 9.90 Å². The van der Waals surface area contributed by atoms with Crippen molar-refractivity contribution in [3.05, 3.63) is 0 Å². The predicted molar refractivity (Wildman–Crippen MR) is 67.6 cm³/mol. The number of carbonyl (C=O) groups excluding carboxylic acids is 1. The third-order valence-corrected chi connectivity index (χ3v) is 4.32. The van der Waals surface area contributed by atoms with Crippen molar-refractivity contribution in [3.63, 3.8) is 0 Å². The van der Waals surface area contributed by atoms with Crippen molar-refractivity contribution >= 4 is 5.91 Å². The summed E-state index contributed by atoms with van der Waals surface area (Å²) in [7, 11) is 0. The van der Waals surface area contributed by atoms with E-state index >= 15 is 0 Å². The third kappa shape index (κ3) is 3.44. The van der Waals surface area contributed by atoms with Gasteiger partial charge >= 0.3 is 0 Å². The summed E-state index contributed by atoms with van der Waals surface area (Å²) in [6.07, 6.45) is 9.10. The molecule has 2 fully saturated rings. The maximum Gasteiger partial charge on any atom is 0.225 e. The number of carbonyl (C=O) groups is 1. The van der Waals surface area contributed by atoms with E-state index in [1.807, 2.05) is 0 Å². The molecule has 1 saturated heterocycles. The lowest BCUT2D eigenvalue weighted by Crippen LogP contribution is -2.43. The van der Waals surface area contributed by atoms with Crippen LogP contribution in [-0.4, -0.2) is 35.6 Å². The lowest BCUT2D eigenvalue weighted by Gasteiger charge is -2.35. The lowest BCUT2D eigenvalue weighted by molar-refractivity contribution is -0.138. The van der Waals surface area contributed by atoms with Gasteiger partial charge in [-0.25, -0.2) is 0 Å². The molecule has 2 rings (SSSR count). The molecule has 1 N–H and O–H groups in total. The fourth-order valence-electron chi connectivity index (χ4n) is 3.29. The number of piperidine rings is 1.